The van der Waals surface area contributed by atoms with Gasteiger partial charge in [0.1, 0.15) is 6.61 Å². The fourth-order valence-electron chi connectivity index (χ4n) is 5.76. The Morgan fingerprint density at radius 2 is 1.62 bits per heavy atom. The van der Waals surface area contributed by atoms with E-state index in [-0.39, 0.29) is 50.1 Å². The van der Waals surface area contributed by atoms with Crippen LogP contribution >= 0.6 is 0 Å². The van der Waals surface area contributed by atoms with Gasteiger partial charge in [-0.2, -0.15) is 0 Å². The highest BCUT2D eigenvalue weighted by Crippen LogP contribution is 2.42. The van der Waals surface area contributed by atoms with Crippen LogP contribution in [0.2, 0.25) is 0 Å². The Morgan fingerprint density at radius 1 is 0.851 bits per heavy atom. The number of carbonyl (C=O) groups is 3. The monoisotopic (exact) mass is 643 g/mol. The van der Waals surface area contributed by atoms with Crippen molar-refractivity contribution in [1.29, 1.82) is 0 Å². The molecule has 3 aromatic carbocycles. The molecule has 1 aliphatic rings. The van der Waals surface area contributed by atoms with Gasteiger partial charge in [0.25, 0.3) is 0 Å². The molecule has 1 amide bonds. The van der Waals surface area contributed by atoms with Crippen molar-refractivity contribution in [3.8, 4) is 11.5 Å². The minimum absolute atomic E-state index is 0.0138. The number of fused-ring (bicyclic) bond motifs is 1. The lowest BCUT2D eigenvalue weighted by Crippen LogP contribution is -2.21. The lowest BCUT2D eigenvalue weighted by molar-refractivity contribution is -0.151. The van der Waals surface area contributed by atoms with Crippen molar-refractivity contribution in [2.45, 2.75) is 103 Å². The first-order valence-corrected chi connectivity index (χ1v) is 16.8. The molecule has 1 aliphatic heterocycles. The minimum atomic E-state index is -0.429. The summed E-state index contributed by atoms with van der Waals surface area (Å²) in [5.41, 5.74) is 4.64. The van der Waals surface area contributed by atoms with Gasteiger partial charge in [0, 0.05) is 17.7 Å². The number of aryl methyl sites for hydroxylation is 1. The number of carbonyl (C=O) groups excluding carboxylic acids is 3. The van der Waals surface area contributed by atoms with E-state index in [4.69, 9.17) is 18.9 Å². The number of rotatable bonds is 17. The molecule has 1 heterocycles. The molecule has 1 atom stereocenters. The van der Waals surface area contributed by atoms with Crippen molar-refractivity contribution in [2.75, 3.05) is 18.7 Å². The molecule has 8 nitrogen and oxygen atoms in total. The van der Waals surface area contributed by atoms with E-state index in [0.717, 1.165) is 65.1 Å². The molecule has 1 unspecified atom stereocenters. The third-order valence-electron chi connectivity index (χ3n) is 8.27. The third-order valence-corrected chi connectivity index (χ3v) is 8.27. The quantitative estimate of drug-likeness (QED) is 0.116. The van der Waals surface area contributed by atoms with Gasteiger partial charge < -0.3 is 24.3 Å². The lowest BCUT2D eigenvalue weighted by atomic mass is 9.84. The van der Waals surface area contributed by atoms with Gasteiger partial charge in [-0.25, -0.2) is 0 Å². The van der Waals surface area contributed by atoms with E-state index in [1.807, 2.05) is 54.6 Å². The van der Waals surface area contributed by atoms with E-state index in [2.05, 4.69) is 45.1 Å². The number of unbranched alkanes of at least 4 members (excludes halogenated alkanes) is 2. The molecule has 0 radical (unpaired) electrons. The molecule has 0 aliphatic carbocycles. The Labute approximate surface area is 279 Å². The summed E-state index contributed by atoms with van der Waals surface area (Å²) >= 11 is 0. The smallest absolute Gasteiger partial charge is 0.306 e. The molecule has 0 bridgehead atoms. The summed E-state index contributed by atoms with van der Waals surface area (Å²) in [4.78, 5) is 37.8. The lowest BCUT2D eigenvalue weighted by Gasteiger charge is -2.25. The second-order valence-electron chi connectivity index (χ2n) is 13.1. The minimum Gasteiger partial charge on any atom is -0.466 e. The Bertz CT molecular complexity index is 1480. The van der Waals surface area contributed by atoms with E-state index in [1.54, 1.807) is 0 Å². The Balaban J connectivity index is 1.30. The van der Waals surface area contributed by atoms with Gasteiger partial charge in [0.15, 0.2) is 11.5 Å². The normalized spacial score (nSPS) is 12.8. The van der Waals surface area contributed by atoms with Crippen molar-refractivity contribution >= 4 is 23.5 Å². The standard InChI is InChI=1S/C39H49NO7/c1-5-6-8-16-30(31-17-11-18-34-38(31)47-27-46-34)25-35(41)40-33-24-28(19-20-32(33)39(2,3)4)15-12-23-44-36(42)21-22-37(43)45-26-29-13-9-7-10-14-29/h7,9-11,13-14,17-20,24,30H,5-6,8,12,15-16,21-23,25-27H2,1-4H3,(H,40,41). The van der Waals surface area contributed by atoms with Crippen LogP contribution in [0.5, 0.6) is 11.5 Å². The third kappa shape index (κ3) is 11.2. The van der Waals surface area contributed by atoms with Crippen LogP contribution in [0.1, 0.15) is 107 Å². The molecular formula is C39H49NO7. The second kappa shape index (κ2) is 17.5. The first-order chi connectivity index (χ1) is 22.6. The Morgan fingerprint density at radius 3 is 2.36 bits per heavy atom. The maximum Gasteiger partial charge on any atom is 0.306 e. The fourth-order valence-corrected chi connectivity index (χ4v) is 5.76. The summed E-state index contributed by atoms with van der Waals surface area (Å²) in [6, 6.07) is 21.5. The Kier molecular flexibility index (Phi) is 13.3. The number of benzene rings is 3. The van der Waals surface area contributed by atoms with Crippen LogP contribution in [0.15, 0.2) is 66.7 Å². The number of hydrogen-bond donors (Lipinski definition) is 1. The predicted molar refractivity (Wildman–Crippen MR) is 183 cm³/mol. The summed E-state index contributed by atoms with van der Waals surface area (Å²) in [6.45, 7) is 9.20. The van der Waals surface area contributed by atoms with Gasteiger partial charge in [-0.05, 0) is 59.4 Å². The van der Waals surface area contributed by atoms with Gasteiger partial charge in [0.2, 0.25) is 12.7 Å². The number of amides is 1. The van der Waals surface area contributed by atoms with Crippen LogP contribution < -0.4 is 14.8 Å². The van der Waals surface area contributed by atoms with E-state index in [9.17, 15) is 14.4 Å². The maximum atomic E-state index is 13.6. The average Bonchev–Trinajstić information content (AvgIpc) is 3.54. The topological polar surface area (TPSA) is 100 Å². The molecule has 0 spiro atoms. The molecule has 1 N–H and O–H groups in total. The summed E-state index contributed by atoms with van der Waals surface area (Å²) in [7, 11) is 0. The zero-order valence-corrected chi connectivity index (χ0v) is 28.3. The van der Waals surface area contributed by atoms with Crippen molar-refractivity contribution in [3.63, 3.8) is 0 Å². The number of hydrogen-bond acceptors (Lipinski definition) is 7. The van der Waals surface area contributed by atoms with Crippen LogP contribution in [0.25, 0.3) is 0 Å². The molecule has 0 saturated carbocycles. The Hall–Kier alpha value is -4.33. The molecule has 4 rings (SSSR count). The summed E-state index contributed by atoms with van der Waals surface area (Å²) < 4.78 is 22.0. The van der Waals surface area contributed by atoms with Crippen LogP contribution in [-0.2, 0) is 42.3 Å². The van der Waals surface area contributed by atoms with Gasteiger partial charge in [0.05, 0.1) is 19.4 Å². The number of ether oxygens (including phenoxy) is 4. The van der Waals surface area contributed by atoms with Crippen molar-refractivity contribution in [2.24, 2.45) is 0 Å². The highest BCUT2D eigenvalue weighted by molar-refractivity contribution is 5.92. The number of esters is 2. The SMILES string of the molecule is CCCCCC(CC(=O)Nc1cc(CCCOC(=O)CCC(=O)OCc2ccccc2)ccc1C(C)(C)C)c1cccc2c1OCO2. The molecular weight excluding hydrogens is 594 g/mol. The number of para-hydroxylation sites is 1. The summed E-state index contributed by atoms with van der Waals surface area (Å²) in [6.07, 6.45) is 5.73. The first-order valence-electron chi connectivity index (χ1n) is 16.8. The van der Waals surface area contributed by atoms with Crippen molar-refractivity contribution < 1.29 is 33.3 Å². The number of anilines is 1. The van der Waals surface area contributed by atoms with Crippen LogP contribution in [0, 0.1) is 0 Å². The van der Waals surface area contributed by atoms with Gasteiger partial charge in [-0.3, -0.25) is 14.4 Å². The zero-order chi connectivity index (χ0) is 33.6. The predicted octanol–water partition coefficient (Wildman–Crippen LogP) is 8.40. The maximum absolute atomic E-state index is 13.6. The van der Waals surface area contributed by atoms with Crippen LogP contribution in [0.3, 0.4) is 0 Å². The zero-order valence-electron chi connectivity index (χ0n) is 28.3. The highest BCUT2D eigenvalue weighted by Gasteiger charge is 2.26. The largest absolute Gasteiger partial charge is 0.466 e. The molecule has 252 valence electrons. The van der Waals surface area contributed by atoms with Gasteiger partial charge in [-0.1, -0.05) is 102 Å². The van der Waals surface area contributed by atoms with E-state index in [1.165, 1.54) is 0 Å². The fraction of sp³-hybridized carbons (Fsp3) is 0.462. The van der Waals surface area contributed by atoms with Gasteiger partial charge in [-0.15, -0.1) is 0 Å². The van der Waals surface area contributed by atoms with Gasteiger partial charge >= 0.3 is 11.9 Å². The van der Waals surface area contributed by atoms with Crippen molar-refractivity contribution in [1.82, 2.24) is 0 Å². The molecule has 3 aromatic rings. The summed E-state index contributed by atoms with van der Waals surface area (Å²) in [5, 5.41) is 3.23. The molecule has 47 heavy (non-hydrogen) atoms. The van der Waals surface area contributed by atoms with Crippen LogP contribution in [0.4, 0.5) is 5.69 Å². The molecule has 0 saturated heterocycles. The molecule has 8 heteroatoms. The van der Waals surface area contributed by atoms with Crippen molar-refractivity contribution in [3.05, 3.63) is 89.0 Å². The second-order valence-corrected chi connectivity index (χ2v) is 13.1. The average molecular weight is 644 g/mol. The highest BCUT2D eigenvalue weighted by atomic mass is 16.7. The molecule has 0 aromatic heterocycles. The van der Waals surface area contributed by atoms with Crippen LogP contribution in [-0.4, -0.2) is 31.2 Å². The molecule has 0 fully saturated rings. The number of nitrogens with one attached hydrogen (secondary N) is 1. The van der Waals surface area contributed by atoms with E-state index >= 15 is 0 Å². The van der Waals surface area contributed by atoms with E-state index in [0.29, 0.717) is 19.3 Å². The van der Waals surface area contributed by atoms with E-state index < -0.39 is 11.9 Å². The first kappa shape index (κ1) is 35.5. The summed E-state index contributed by atoms with van der Waals surface area (Å²) in [5.74, 6) is 0.608.